The lowest BCUT2D eigenvalue weighted by Gasteiger charge is -2.33. The van der Waals surface area contributed by atoms with Gasteiger partial charge in [-0.1, -0.05) is 37.6 Å². The molecule has 3 rings (SSSR count). The first-order valence-corrected chi connectivity index (χ1v) is 8.73. The average molecular weight is 323 g/mol. The largest absolute Gasteiger partial charge is 0.342 e. The summed E-state index contributed by atoms with van der Waals surface area (Å²) in [5, 5.41) is 0. The van der Waals surface area contributed by atoms with E-state index >= 15 is 0 Å². The minimum atomic E-state index is 0.0528. The highest BCUT2D eigenvalue weighted by molar-refractivity contribution is 5.78. The monoisotopic (exact) mass is 323 g/mol. The number of carbonyl (C=O) groups excluding carboxylic acids is 1. The van der Waals surface area contributed by atoms with Crippen LogP contribution >= 0.6 is 0 Å². The molecule has 4 heteroatoms. The van der Waals surface area contributed by atoms with Crippen LogP contribution < -0.4 is 0 Å². The first-order chi connectivity index (χ1) is 11.5. The maximum absolute atomic E-state index is 12.3. The Morgan fingerprint density at radius 3 is 2.88 bits per heavy atom. The first-order valence-electron chi connectivity index (χ1n) is 8.73. The van der Waals surface area contributed by atoms with E-state index in [1.165, 1.54) is 5.56 Å². The number of aromatic nitrogens is 2. The molecule has 0 bridgehead atoms. The molecule has 0 radical (unpaired) electrons. The minimum absolute atomic E-state index is 0.0528. The summed E-state index contributed by atoms with van der Waals surface area (Å²) in [5.41, 5.74) is 3.29. The standard InChI is InChI=1S/C20H25N3O/c1-14(2)20(24)23-11-5-8-17(13-23)18-9-10-21-19(22-18)16-7-4-6-15(3)12-16/h4,6-7,9-10,12,14,17H,5,8,11,13H2,1-3H3. The summed E-state index contributed by atoms with van der Waals surface area (Å²) in [6.45, 7) is 7.63. The molecule has 1 aliphatic heterocycles. The van der Waals surface area contributed by atoms with E-state index in [2.05, 4.69) is 24.0 Å². The van der Waals surface area contributed by atoms with E-state index in [4.69, 9.17) is 4.98 Å². The van der Waals surface area contributed by atoms with Crippen LogP contribution in [0.5, 0.6) is 0 Å². The molecular weight excluding hydrogens is 298 g/mol. The van der Waals surface area contributed by atoms with Gasteiger partial charge in [0.1, 0.15) is 0 Å². The molecule has 1 aliphatic rings. The van der Waals surface area contributed by atoms with Gasteiger partial charge in [0, 0.05) is 42.4 Å². The van der Waals surface area contributed by atoms with Crippen molar-refractivity contribution in [2.75, 3.05) is 13.1 Å². The average Bonchev–Trinajstić information content (AvgIpc) is 2.61. The molecule has 24 heavy (non-hydrogen) atoms. The Labute approximate surface area is 143 Å². The van der Waals surface area contributed by atoms with Crippen LogP contribution in [0.4, 0.5) is 0 Å². The Bertz CT molecular complexity index is 726. The van der Waals surface area contributed by atoms with Gasteiger partial charge in [-0.15, -0.1) is 0 Å². The Hall–Kier alpha value is -2.23. The van der Waals surface area contributed by atoms with Gasteiger partial charge >= 0.3 is 0 Å². The van der Waals surface area contributed by atoms with Crippen molar-refractivity contribution in [3.05, 3.63) is 47.8 Å². The van der Waals surface area contributed by atoms with Crippen molar-refractivity contribution in [3.63, 3.8) is 0 Å². The van der Waals surface area contributed by atoms with Crippen molar-refractivity contribution in [3.8, 4) is 11.4 Å². The lowest BCUT2D eigenvalue weighted by atomic mass is 9.93. The topological polar surface area (TPSA) is 46.1 Å². The van der Waals surface area contributed by atoms with Crippen LogP contribution in [0.25, 0.3) is 11.4 Å². The number of carbonyl (C=O) groups is 1. The van der Waals surface area contributed by atoms with Crippen LogP contribution in [0.15, 0.2) is 36.5 Å². The Morgan fingerprint density at radius 1 is 1.29 bits per heavy atom. The second kappa shape index (κ2) is 7.12. The maximum atomic E-state index is 12.3. The number of nitrogens with zero attached hydrogens (tertiary/aromatic N) is 3. The second-order valence-corrected chi connectivity index (χ2v) is 6.95. The van der Waals surface area contributed by atoms with Gasteiger partial charge in [0.2, 0.25) is 5.91 Å². The number of likely N-dealkylation sites (tertiary alicyclic amines) is 1. The zero-order valence-electron chi connectivity index (χ0n) is 14.7. The molecule has 4 nitrogen and oxygen atoms in total. The van der Waals surface area contributed by atoms with Gasteiger partial charge in [-0.3, -0.25) is 4.79 Å². The van der Waals surface area contributed by atoms with Crippen LogP contribution in [0.2, 0.25) is 0 Å². The molecule has 0 saturated carbocycles. The Balaban J connectivity index is 1.82. The number of amides is 1. The van der Waals surface area contributed by atoms with E-state index in [0.717, 1.165) is 43.0 Å². The molecule has 1 aromatic carbocycles. The summed E-state index contributed by atoms with van der Waals surface area (Å²) in [4.78, 5) is 23.5. The highest BCUT2D eigenvalue weighted by Gasteiger charge is 2.27. The third-order valence-electron chi connectivity index (χ3n) is 4.60. The van der Waals surface area contributed by atoms with Gasteiger partial charge < -0.3 is 4.90 Å². The van der Waals surface area contributed by atoms with Gasteiger partial charge in [-0.2, -0.15) is 0 Å². The lowest BCUT2D eigenvalue weighted by molar-refractivity contribution is -0.135. The van der Waals surface area contributed by atoms with E-state index in [9.17, 15) is 4.79 Å². The number of hydrogen-bond donors (Lipinski definition) is 0. The van der Waals surface area contributed by atoms with Gasteiger partial charge in [-0.05, 0) is 31.9 Å². The number of hydrogen-bond acceptors (Lipinski definition) is 3. The Morgan fingerprint density at radius 2 is 2.12 bits per heavy atom. The van der Waals surface area contributed by atoms with Crippen molar-refractivity contribution in [1.29, 1.82) is 0 Å². The van der Waals surface area contributed by atoms with Crippen LogP contribution in [0.3, 0.4) is 0 Å². The molecule has 1 unspecified atom stereocenters. The molecule has 1 fully saturated rings. The fraction of sp³-hybridized carbons (Fsp3) is 0.450. The molecule has 2 heterocycles. The molecule has 126 valence electrons. The molecule has 0 aliphatic carbocycles. The van der Waals surface area contributed by atoms with E-state index in [-0.39, 0.29) is 11.8 Å². The van der Waals surface area contributed by atoms with Crippen LogP contribution in [0.1, 0.15) is 43.9 Å². The first kappa shape index (κ1) is 16.6. The van der Waals surface area contributed by atoms with Gasteiger partial charge in [0.15, 0.2) is 5.82 Å². The molecule has 0 spiro atoms. The second-order valence-electron chi connectivity index (χ2n) is 6.95. The zero-order valence-corrected chi connectivity index (χ0v) is 14.7. The summed E-state index contributed by atoms with van der Waals surface area (Å²) >= 11 is 0. The van der Waals surface area contributed by atoms with Crippen molar-refractivity contribution in [2.45, 2.75) is 39.5 Å². The molecular formula is C20H25N3O. The van der Waals surface area contributed by atoms with Gasteiger partial charge in [0.05, 0.1) is 0 Å². The summed E-state index contributed by atoms with van der Waals surface area (Å²) in [7, 11) is 0. The van der Waals surface area contributed by atoms with E-state index in [1.807, 2.05) is 43.1 Å². The van der Waals surface area contributed by atoms with Crippen molar-refractivity contribution < 1.29 is 4.79 Å². The Kier molecular flexibility index (Phi) is 4.93. The zero-order chi connectivity index (χ0) is 17.1. The molecule has 0 N–H and O–H groups in total. The molecule has 2 aromatic rings. The normalized spacial score (nSPS) is 18.0. The van der Waals surface area contributed by atoms with E-state index < -0.39 is 0 Å². The van der Waals surface area contributed by atoms with Gasteiger partial charge in [-0.25, -0.2) is 9.97 Å². The van der Waals surface area contributed by atoms with Crippen molar-refractivity contribution in [2.24, 2.45) is 5.92 Å². The SMILES string of the molecule is Cc1cccc(-c2nccc(C3CCCN(C(=O)C(C)C)C3)n2)c1. The van der Waals surface area contributed by atoms with Crippen LogP contribution in [0, 0.1) is 12.8 Å². The third kappa shape index (κ3) is 3.64. The highest BCUT2D eigenvalue weighted by atomic mass is 16.2. The summed E-state index contributed by atoms with van der Waals surface area (Å²) in [5.74, 6) is 1.36. The third-order valence-corrected chi connectivity index (χ3v) is 4.60. The molecule has 1 amide bonds. The summed E-state index contributed by atoms with van der Waals surface area (Å²) < 4.78 is 0. The molecule has 1 saturated heterocycles. The van der Waals surface area contributed by atoms with E-state index in [0.29, 0.717) is 5.92 Å². The predicted octanol–water partition coefficient (Wildman–Crippen LogP) is 3.81. The highest BCUT2D eigenvalue weighted by Crippen LogP contribution is 2.27. The smallest absolute Gasteiger partial charge is 0.225 e. The van der Waals surface area contributed by atoms with Crippen LogP contribution in [-0.4, -0.2) is 33.9 Å². The maximum Gasteiger partial charge on any atom is 0.225 e. The fourth-order valence-electron chi connectivity index (χ4n) is 3.31. The fourth-order valence-corrected chi connectivity index (χ4v) is 3.31. The van der Waals surface area contributed by atoms with Crippen molar-refractivity contribution >= 4 is 5.91 Å². The van der Waals surface area contributed by atoms with Crippen molar-refractivity contribution in [1.82, 2.24) is 14.9 Å². The number of piperidine rings is 1. The minimum Gasteiger partial charge on any atom is -0.342 e. The summed E-state index contributed by atoms with van der Waals surface area (Å²) in [6, 6.07) is 10.2. The van der Waals surface area contributed by atoms with Crippen LogP contribution in [-0.2, 0) is 4.79 Å². The predicted molar refractivity (Wildman–Crippen MR) is 95.6 cm³/mol. The number of aryl methyl sites for hydroxylation is 1. The van der Waals surface area contributed by atoms with E-state index in [1.54, 1.807) is 0 Å². The number of rotatable bonds is 3. The van der Waals surface area contributed by atoms with Gasteiger partial charge in [0.25, 0.3) is 0 Å². The molecule has 1 atom stereocenters. The lowest BCUT2D eigenvalue weighted by Crippen LogP contribution is -2.41. The molecule has 1 aromatic heterocycles. The number of benzene rings is 1. The summed E-state index contributed by atoms with van der Waals surface area (Å²) in [6.07, 6.45) is 3.95. The quantitative estimate of drug-likeness (QED) is 0.863.